The maximum atomic E-state index is 13.5. The van der Waals surface area contributed by atoms with Crippen molar-refractivity contribution in [1.82, 2.24) is 0 Å². The molecular weight excluding hydrogens is 345 g/mol. The van der Waals surface area contributed by atoms with Gasteiger partial charge in [0.25, 0.3) is 5.41 Å². The molecule has 0 saturated heterocycles. The fraction of sp³-hybridized carbons (Fsp3) is 0.438. The summed E-state index contributed by atoms with van der Waals surface area (Å²) in [7, 11) is 2.86. The first kappa shape index (κ1) is 20.5. The van der Waals surface area contributed by atoms with E-state index in [0.717, 1.165) is 14.2 Å². The van der Waals surface area contributed by atoms with E-state index in [9.17, 15) is 27.6 Å². The predicted molar refractivity (Wildman–Crippen MR) is 79.1 cm³/mol. The number of hydrogen-bond acceptors (Lipinski definition) is 6. The third-order valence-electron chi connectivity index (χ3n) is 3.69. The number of ether oxygens (including phenoxy) is 3. The monoisotopic (exact) mass is 362 g/mol. The Hall–Kier alpha value is -2.58. The molecule has 0 atom stereocenters. The van der Waals surface area contributed by atoms with Crippen molar-refractivity contribution in [2.24, 2.45) is 5.41 Å². The van der Waals surface area contributed by atoms with Crippen molar-refractivity contribution in [2.75, 3.05) is 21.3 Å². The van der Waals surface area contributed by atoms with Gasteiger partial charge in [-0.15, -0.1) is 0 Å². The van der Waals surface area contributed by atoms with E-state index in [4.69, 9.17) is 4.74 Å². The van der Waals surface area contributed by atoms with Crippen LogP contribution in [0.2, 0.25) is 0 Å². The number of halogens is 3. The molecule has 0 unspecified atom stereocenters. The Bertz CT molecular complexity index is 620. The fourth-order valence-electron chi connectivity index (χ4n) is 2.23. The van der Waals surface area contributed by atoms with Crippen molar-refractivity contribution in [1.29, 1.82) is 0 Å². The highest BCUT2D eigenvalue weighted by atomic mass is 19.4. The lowest BCUT2D eigenvalue weighted by molar-refractivity contribution is -0.239. The molecule has 0 aromatic heterocycles. The SMILES string of the molecule is COC(=O)C(CCC(=O)c1ccc(OC)cc1)(C(=O)OC)C(F)(F)F. The van der Waals surface area contributed by atoms with Crippen LogP contribution in [0.15, 0.2) is 24.3 Å². The van der Waals surface area contributed by atoms with E-state index in [0.29, 0.717) is 5.75 Å². The largest absolute Gasteiger partial charge is 0.497 e. The van der Waals surface area contributed by atoms with Gasteiger partial charge in [0.15, 0.2) is 5.78 Å². The normalized spacial score (nSPS) is 11.6. The summed E-state index contributed by atoms with van der Waals surface area (Å²) in [5, 5.41) is 0. The third-order valence-corrected chi connectivity index (χ3v) is 3.69. The zero-order valence-corrected chi connectivity index (χ0v) is 13.8. The molecule has 1 aromatic carbocycles. The van der Waals surface area contributed by atoms with Crippen LogP contribution in [0.1, 0.15) is 23.2 Å². The zero-order valence-electron chi connectivity index (χ0n) is 13.8. The average Bonchev–Trinajstić information content (AvgIpc) is 2.60. The molecule has 0 aliphatic carbocycles. The highest BCUT2D eigenvalue weighted by Gasteiger charge is 2.67. The van der Waals surface area contributed by atoms with Crippen molar-refractivity contribution in [2.45, 2.75) is 19.0 Å². The van der Waals surface area contributed by atoms with E-state index in [1.54, 1.807) is 0 Å². The van der Waals surface area contributed by atoms with Crippen molar-refractivity contribution in [3.05, 3.63) is 29.8 Å². The molecule has 0 saturated carbocycles. The number of esters is 2. The van der Waals surface area contributed by atoms with Crippen LogP contribution in [-0.4, -0.2) is 45.2 Å². The maximum Gasteiger partial charge on any atom is 0.415 e. The van der Waals surface area contributed by atoms with E-state index >= 15 is 0 Å². The molecule has 138 valence electrons. The number of benzene rings is 1. The van der Waals surface area contributed by atoms with Crippen LogP contribution < -0.4 is 4.74 Å². The Morgan fingerprint density at radius 1 is 0.920 bits per heavy atom. The van der Waals surface area contributed by atoms with Crippen molar-refractivity contribution in [3.63, 3.8) is 0 Å². The standard InChI is InChI=1S/C16H17F3O6/c1-23-11-6-4-10(5-7-11)12(20)8-9-15(13(21)24-2,14(22)25-3)16(17,18)19/h4-7H,8-9H2,1-3H3. The molecule has 0 fully saturated rings. The maximum absolute atomic E-state index is 13.5. The molecule has 0 N–H and O–H groups in total. The third kappa shape index (κ3) is 4.09. The van der Waals surface area contributed by atoms with Gasteiger partial charge in [-0.3, -0.25) is 14.4 Å². The fourth-order valence-corrected chi connectivity index (χ4v) is 2.23. The molecule has 6 nitrogen and oxygen atoms in total. The predicted octanol–water partition coefficient (Wildman–Crippen LogP) is 2.55. The first-order chi connectivity index (χ1) is 11.6. The summed E-state index contributed by atoms with van der Waals surface area (Å²) in [6, 6.07) is 5.66. The molecule has 9 heteroatoms. The Morgan fingerprint density at radius 3 is 1.76 bits per heavy atom. The molecule has 25 heavy (non-hydrogen) atoms. The minimum Gasteiger partial charge on any atom is -0.497 e. The van der Waals surface area contributed by atoms with Crippen LogP contribution in [0.3, 0.4) is 0 Å². The van der Waals surface area contributed by atoms with Crippen molar-refractivity contribution >= 4 is 17.7 Å². The average molecular weight is 362 g/mol. The number of carbonyl (C=O) groups excluding carboxylic acids is 3. The molecule has 0 aliphatic rings. The molecule has 0 aliphatic heterocycles. The van der Waals surface area contributed by atoms with Gasteiger partial charge in [0.05, 0.1) is 21.3 Å². The number of ketones is 1. The van der Waals surface area contributed by atoms with Crippen molar-refractivity contribution in [3.8, 4) is 5.75 Å². The number of carbonyl (C=O) groups is 3. The van der Waals surface area contributed by atoms with E-state index in [2.05, 4.69) is 9.47 Å². The smallest absolute Gasteiger partial charge is 0.415 e. The van der Waals surface area contributed by atoms with Gasteiger partial charge < -0.3 is 14.2 Å². The highest BCUT2D eigenvalue weighted by molar-refractivity contribution is 6.02. The highest BCUT2D eigenvalue weighted by Crippen LogP contribution is 2.44. The summed E-state index contributed by atoms with van der Waals surface area (Å²) in [4.78, 5) is 35.6. The van der Waals surface area contributed by atoms with Gasteiger partial charge >= 0.3 is 18.1 Å². The lowest BCUT2D eigenvalue weighted by Gasteiger charge is -2.29. The van der Waals surface area contributed by atoms with Gasteiger partial charge in [0.2, 0.25) is 0 Å². The molecular formula is C16H17F3O6. The summed E-state index contributed by atoms with van der Waals surface area (Å²) in [6.07, 6.45) is -7.12. The second kappa shape index (κ2) is 8.00. The summed E-state index contributed by atoms with van der Waals surface area (Å²) in [5.41, 5.74) is -3.44. The molecule has 0 bridgehead atoms. The lowest BCUT2D eigenvalue weighted by Crippen LogP contribution is -2.52. The molecule has 1 rings (SSSR count). The van der Waals surface area contributed by atoms with Gasteiger partial charge in [0.1, 0.15) is 5.75 Å². The van der Waals surface area contributed by atoms with Gasteiger partial charge in [0, 0.05) is 12.0 Å². The second-order valence-corrected chi connectivity index (χ2v) is 5.04. The Labute approximate surface area is 141 Å². The van der Waals surface area contributed by atoms with Gasteiger partial charge in [-0.05, 0) is 30.7 Å². The summed E-state index contributed by atoms with van der Waals surface area (Å²) >= 11 is 0. The van der Waals surface area contributed by atoms with Crippen LogP contribution in [0.5, 0.6) is 5.75 Å². The van der Waals surface area contributed by atoms with Crippen LogP contribution in [0.4, 0.5) is 13.2 Å². The number of Topliss-reactive ketones (excluding diaryl/α,β-unsaturated/α-hetero) is 1. The topological polar surface area (TPSA) is 78.9 Å². The van der Waals surface area contributed by atoms with E-state index < -0.39 is 42.2 Å². The minimum absolute atomic E-state index is 0.117. The van der Waals surface area contributed by atoms with Crippen LogP contribution in [0, 0.1) is 5.41 Å². The second-order valence-electron chi connectivity index (χ2n) is 5.04. The zero-order chi connectivity index (χ0) is 19.3. The quantitative estimate of drug-likeness (QED) is 0.421. The number of methoxy groups -OCH3 is 3. The number of alkyl halides is 3. The summed E-state index contributed by atoms with van der Waals surface area (Å²) < 4.78 is 53.6. The van der Waals surface area contributed by atoms with E-state index in [-0.39, 0.29) is 5.56 Å². The van der Waals surface area contributed by atoms with E-state index in [1.807, 2.05) is 0 Å². The van der Waals surface area contributed by atoms with E-state index in [1.165, 1.54) is 31.4 Å². The van der Waals surface area contributed by atoms with Gasteiger partial charge in [-0.1, -0.05) is 0 Å². The first-order valence-corrected chi connectivity index (χ1v) is 7.04. The number of hydrogen-bond donors (Lipinski definition) is 0. The summed E-state index contributed by atoms with van der Waals surface area (Å²) in [5.74, 6) is -3.86. The molecule has 1 aromatic rings. The summed E-state index contributed by atoms with van der Waals surface area (Å²) in [6.45, 7) is 0. The van der Waals surface area contributed by atoms with Gasteiger partial charge in [-0.25, -0.2) is 0 Å². The Kier molecular flexibility index (Phi) is 6.55. The number of rotatable bonds is 7. The molecule has 0 radical (unpaired) electrons. The van der Waals surface area contributed by atoms with Crippen LogP contribution in [-0.2, 0) is 19.1 Å². The minimum atomic E-state index is -5.28. The first-order valence-electron chi connectivity index (χ1n) is 7.04. The Morgan fingerprint density at radius 2 is 1.40 bits per heavy atom. The molecule has 0 spiro atoms. The molecule has 0 heterocycles. The van der Waals surface area contributed by atoms with Crippen LogP contribution in [0.25, 0.3) is 0 Å². The van der Waals surface area contributed by atoms with Gasteiger partial charge in [-0.2, -0.15) is 13.2 Å². The lowest BCUT2D eigenvalue weighted by atomic mass is 9.81. The molecule has 0 amide bonds. The Balaban J connectivity index is 3.11. The van der Waals surface area contributed by atoms with Crippen molar-refractivity contribution < 1.29 is 41.8 Å². The van der Waals surface area contributed by atoms with Crippen LogP contribution >= 0.6 is 0 Å².